The van der Waals surface area contributed by atoms with Gasteiger partial charge in [-0.1, -0.05) is 151 Å². The Balaban J connectivity index is 1.39. The summed E-state index contributed by atoms with van der Waals surface area (Å²) in [6.07, 6.45) is 0. The SMILES string of the molecule is [2H]c1c([2H])c([2H])c2c([2H])c(-c3c4c([2H])c([2H])c([2H])c([2H])c4c(-c4cc(-c5cccc6oc7ccc8ccccc8c7c56)cc5ccccc45)c4c([2H])c([2H])c([2H])c([2H])c34)c([2H])c([2H])c2c1[2H]. The molecule has 236 valence electrons. The van der Waals surface area contributed by atoms with E-state index in [1.54, 1.807) is 6.07 Å². The van der Waals surface area contributed by atoms with Gasteiger partial charge in [-0.25, -0.2) is 0 Å². The Hall–Kier alpha value is -6.70. The van der Waals surface area contributed by atoms with Crippen molar-refractivity contribution in [3.8, 4) is 33.4 Å². The molecule has 1 heterocycles. The molecule has 0 atom stereocenters. The number of hydrogen-bond donors (Lipinski definition) is 0. The smallest absolute Gasteiger partial charge is 0.136 e. The summed E-state index contributed by atoms with van der Waals surface area (Å²) >= 11 is 0. The highest BCUT2D eigenvalue weighted by atomic mass is 16.3. The molecule has 11 aromatic rings. The van der Waals surface area contributed by atoms with Crippen LogP contribution >= 0.6 is 0 Å². The standard InChI is InChI=1S/C50H30O/c1-2-14-33-28-35(25-24-31(33)12-1)47-40-18-7-9-20-42(40)48(43-21-10-8-19-41(43)47)44-30-36(29-34-15-4-5-16-37(34)44)39-22-11-23-45-50(39)49-38-17-6-3-13-32(38)26-27-46(49)51-45/h1-30H/i1D,2D,7D,8D,9D,10D,12D,14D,18D,19D,20D,21D,24D,25D,28D. The van der Waals surface area contributed by atoms with Gasteiger partial charge in [0.05, 0.1) is 20.6 Å². The fourth-order valence-corrected chi connectivity index (χ4v) is 7.55. The van der Waals surface area contributed by atoms with Crippen molar-refractivity contribution in [2.75, 3.05) is 0 Å². The van der Waals surface area contributed by atoms with Gasteiger partial charge in [0.1, 0.15) is 11.2 Å². The molecule has 0 N–H and O–H groups in total. The second kappa shape index (κ2) is 10.9. The summed E-state index contributed by atoms with van der Waals surface area (Å²) < 4.78 is 143. The first kappa shape index (κ1) is 17.3. The summed E-state index contributed by atoms with van der Waals surface area (Å²) in [4.78, 5) is 0. The normalized spacial score (nSPS) is 16.0. The van der Waals surface area contributed by atoms with Crippen molar-refractivity contribution in [2.24, 2.45) is 0 Å². The lowest BCUT2D eigenvalue weighted by atomic mass is 9.83. The maximum absolute atomic E-state index is 9.62. The van der Waals surface area contributed by atoms with Gasteiger partial charge < -0.3 is 4.42 Å². The van der Waals surface area contributed by atoms with Gasteiger partial charge in [0, 0.05) is 10.8 Å². The van der Waals surface area contributed by atoms with Crippen LogP contribution in [0.1, 0.15) is 20.6 Å². The number of fused-ring (bicyclic) bond motifs is 9. The molecular formula is C50H30O. The van der Waals surface area contributed by atoms with Crippen molar-refractivity contribution in [1.29, 1.82) is 0 Å². The minimum Gasteiger partial charge on any atom is -0.456 e. The van der Waals surface area contributed by atoms with Crippen LogP contribution in [0.2, 0.25) is 0 Å². The molecule has 0 unspecified atom stereocenters. The van der Waals surface area contributed by atoms with E-state index in [1.165, 1.54) is 0 Å². The van der Waals surface area contributed by atoms with Gasteiger partial charge in [0.25, 0.3) is 0 Å². The molecule has 0 saturated carbocycles. The quantitative estimate of drug-likeness (QED) is 0.172. The van der Waals surface area contributed by atoms with E-state index in [9.17, 15) is 8.22 Å². The van der Waals surface area contributed by atoms with Gasteiger partial charge >= 0.3 is 0 Å². The predicted octanol–water partition coefficient (Wildman–Crippen LogP) is 14.4. The lowest BCUT2D eigenvalue weighted by Gasteiger charge is -2.20. The van der Waals surface area contributed by atoms with E-state index in [-0.39, 0.29) is 32.7 Å². The van der Waals surface area contributed by atoms with E-state index in [1.807, 2.05) is 84.9 Å². The first-order valence-corrected chi connectivity index (χ1v) is 16.4. The summed E-state index contributed by atoms with van der Waals surface area (Å²) in [6, 6.07) is 18.6. The lowest BCUT2D eigenvalue weighted by molar-refractivity contribution is 0.669. The molecule has 11 rings (SSSR count). The average Bonchev–Trinajstić information content (AvgIpc) is 3.72. The van der Waals surface area contributed by atoms with E-state index in [2.05, 4.69) is 0 Å². The zero-order valence-corrected chi connectivity index (χ0v) is 26.6. The topological polar surface area (TPSA) is 13.1 Å². The molecule has 0 aliphatic carbocycles. The number of rotatable bonds is 3. The van der Waals surface area contributed by atoms with Crippen LogP contribution in [-0.4, -0.2) is 0 Å². The van der Waals surface area contributed by atoms with Gasteiger partial charge in [0.2, 0.25) is 0 Å². The molecule has 1 nitrogen and oxygen atoms in total. The third kappa shape index (κ3) is 4.22. The highest BCUT2D eigenvalue weighted by Crippen LogP contribution is 2.48. The second-order valence-corrected chi connectivity index (χ2v) is 12.4. The molecule has 0 aliphatic rings. The Kier molecular flexibility index (Phi) is 3.70. The first-order chi connectivity index (χ1) is 31.5. The molecule has 0 fully saturated rings. The van der Waals surface area contributed by atoms with Crippen molar-refractivity contribution in [1.82, 2.24) is 0 Å². The fraction of sp³-hybridized carbons (Fsp3) is 0. The van der Waals surface area contributed by atoms with Gasteiger partial charge in [-0.15, -0.1) is 0 Å². The molecule has 0 bridgehead atoms. The molecular weight excluding hydrogens is 617 g/mol. The second-order valence-electron chi connectivity index (χ2n) is 12.4. The maximum atomic E-state index is 9.62. The van der Waals surface area contributed by atoms with Gasteiger partial charge in [-0.05, 0) is 118 Å². The average molecular weight is 662 g/mol. The largest absolute Gasteiger partial charge is 0.456 e. The van der Waals surface area contributed by atoms with Crippen LogP contribution in [0.3, 0.4) is 0 Å². The van der Waals surface area contributed by atoms with Crippen LogP contribution in [-0.2, 0) is 0 Å². The molecule has 0 spiro atoms. The molecule has 0 aliphatic heterocycles. The summed E-state index contributed by atoms with van der Waals surface area (Å²) in [6.45, 7) is 0. The molecule has 0 radical (unpaired) electrons. The summed E-state index contributed by atoms with van der Waals surface area (Å²) in [5.74, 6) is 0. The number of hydrogen-bond acceptors (Lipinski definition) is 1. The Morgan fingerprint density at radius 1 is 0.373 bits per heavy atom. The van der Waals surface area contributed by atoms with Gasteiger partial charge in [-0.3, -0.25) is 0 Å². The Morgan fingerprint density at radius 3 is 1.80 bits per heavy atom. The monoisotopic (exact) mass is 661 g/mol. The van der Waals surface area contributed by atoms with Crippen LogP contribution in [0.5, 0.6) is 0 Å². The summed E-state index contributed by atoms with van der Waals surface area (Å²) in [5.41, 5.74) is 2.19. The van der Waals surface area contributed by atoms with Crippen LogP contribution in [0.15, 0.2) is 186 Å². The fourth-order valence-electron chi connectivity index (χ4n) is 7.55. The highest BCUT2D eigenvalue weighted by molar-refractivity contribution is 6.26. The van der Waals surface area contributed by atoms with E-state index < -0.39 is 107 Å². The maximum Gasteiger partial charge on any atom is 0.136 e. The van der Waals surface area contributed by atoms with E-state index >= 15 is 0 Å². The van der Waals surface area contributed by atoms with Crippen molar-refractivity contribution < 1.29 is 25.0 Å². The third-order valence-electron chi connectivity index (χ3n) is 9.70. The van der Waals surface area contributed by atoms with Crippen molar-refractivity contribution >= 4 is 75.8 Å². The Bertz CT molecular complexity index is 3980. The molecule has 0 amide bonds. The zero-order chi connectivity index (χ0) is 46.5. The van der Waals surface area contributed by atoms with Crippen LogP contribution in [0, 0.1) is 0 Å². The van der Waals surface area contributed by atoms with Crippen molar-refractivity contribution in [3.05, 3.63) is 182 Å². The van der Waals surface area contributed by atoms with Crippen LogP contribution in [0.4, 0.5) is 0 Å². The van der Waals surface area contributed by atoms with Crippen LogP contribution < -0.4 is 0 Å². The van der Waals surface area contributed by atoms with Crippen LogP contribution in [0.25, 0.3) is 109 Å². The van der Waals surface area contributed by atoms with E-state index in [4.69, 9.17) is 16.8 Å². The first-order valence-electron chi connectivity index (χ1n) is 23.9. The Labute approximate surface area is 315 Å². The molecule has 1 aromatic heterocycles. The third-order valence-corrected chi connectivity index (χ3v) is 9.70. The molecule has 1 heteroatoms. The Morgan fingerprint density at radius 2 is 1.02 bits per heavy atom. The summed E-state index contributed by atoms with van der Waals surface area (Å²) in [5, 5.41) is 3.08. The zero-order valence-electron chi connectivity index (χ0n) is 41.6. The summed E-state index contributed by atoms with van der Waals surface area (Å²) in [7, 11) is 0. The molecule has 10 aromatic carbocycles. The highest BCUT2D eigenvalue weighted by Gasteiger charge is 2.21. The number of furan rings is 1. The van der Waals surface area contributed by atoms with Gasteiger partial charge in [-0.2, -0.15) is 0 Å². The van der Waals surface area contributed by atoms with E-state index in [0.29, 0.717) is 33.1 Å². The predicted molar refractivity (Wildman–Crippen MR) is 218 cm³/mol. The molecule has 0 saturated heterocycles. The minimum atomic E-state index is -0.742. The molecule has 51 heavy (non-hydrogen) atoms. The number of benzene rings is 10. The van der Waals surface area contributed by atoms with Crippen molar-refractivity contribution in [3.63, 3.8) is 0 Å². The van der Waals surface area contributed by atoms with E-state index in [0.717, 1.165) is 27.1 Å². The minimum absolute atomic E-state index is 0.0299. The van der Waals surface area contributed by atoms with Gasteiger partial charge in [0.15, 0.2) is 0 Å². The van der Waals surface area contributed by atoms with Crippen molar-refractivity contribution in [2.45, 2.75) is 0 Å². The lowest BCUT2D eigenvalue weighted by Crippen LogP contribution is -1.92.